The number of rotatable bonds is 4. The maximum Gasteiger partial charge on any atom is 0.176 e. The van der Waals surface area contributed by atoms with Crippen LogP contribution in [0.4, 0.5) is 8.78 Å². The molecule has 1 atom stereocenters. The van der Waals surface area contributed by atoms with Crippen LogP contribution in [-0.2, 0) is 0 Å². The molecule has 1 aromatic carbocycles. The monoisotopic (exact) mass is 282 g/mol. The zero-order valence-corrected chi connectivity index (χ0v) is 11.9. The summed E-state index contributed by atoms with van der Waals surface area (Å²) in [6.45, 7) is 2.24. The van der Waals surface area contributed by atoms with Gasteiger partial charge in [-0.15, -0.1) is 0 Å². The second-order valence-corrected chi connectivity index (χ2v) is 5.53. The third kappa shape index (κ3) is 3.61. The summed E-state index contributed by atoms with van der Waals surface area (Å²) in [6, 6.07) is 3.64. The second kappa shape index (κ2) is 6.41. The van der Waals surface area contributed by atoms with Crippen LogP contribution in [0, 0.1) is 11.6 Å². The first-order valence-electron chi connectivity index (χ1n) is 6.84. The van der Waals surface area contributed by atoms with Crippen molar-refractivity contribution in [2.75, 3.05) is 33.7 Å². The SMILES string of the molecule is CN1CCCC(N(C)CC(=O)c2ccc(F)c(F)c2)C1. The Hall–Kier alpha value is -1.33. The summed E-state index contributed by atoms with van der Waals surface area (Å²) in [5.41, 5.74) is 0.222. The van der Waals surface area contributed by atoms with Crippen LogP contribution in [0.2, 0.25) is 0 Å². The number of carbonyl (C=O) groups excluding carboxylic acids is 1. The Bertz CT molecular complexity index is 493. The highest BCUT2D eigenvalue weighted by Crippen LogP contribution is 2.15. The van der Waals surface area contributed by atoms with Crippen molar-refractivity contribution < 1.29 is 13.6 Å². The van der Waals surface area contributed by atoms with Gasteiger partial charge < -0.3 is 4.90 Å². The van der Waals surface area contributed by atoms with E-state index in [-0.39, 0.29) is 17.9 Å². The minimum absolute atomic E-state index is 0.181. The molecule has 1 saturated heterocycles. The average molecular weight is 282 g/mol. The number of piperidine rings is 1. The van der Waals surface area contributed by atoms with Crippen LogP contribution in [0.15, 0.2) is 18.2 Å². The van der Waals surface area contributed by atoms with Crippen LogP contribution in [-0.4, -0.2) is 55.4 Å². The minimum Gasteiger partial charge on any atom is -0.305 e. The highest BCUT2D eigenvalue weighted by Gasteiger charge is 2.23. The lowest BCUT2D eigenvalue weighted by atomic mass is 10.0. The van der Waals surface area contributed by atoms with E-state index in [1.165, 1.54) is 6.07 Å². The summed E-state index contributed by atoms with van der Waals surface area (Å²) in [5, 5.41) is 0. The molecule has 0 bridgehead atoms. The number of likely N-dealkylation sites (N-methyl/N-ethyl adjacent to an activating group) is 2. The largest absolute Gasteiger partial charge is 0.305 e. The molecule has 1 heterocycles. The van der Waals surface area contributed by atoms with Gasteiger partial charge in [-0.2, -0.15) is 0 Å². The normalized spacial score (nSPS) is 20.4. The Labute approximate surface area is 118 Å². The van der Waals surface area contributed by atoms with E-state index in [1.807, 2.05) is 11.9 Å². The fraction of sp³-hybridized carbons (Fsp3) is 0.533. The van der Waals surface area contributed by atoms with Crippen molar-refractivity contribution >= 4 is 5.78 Å². The Balaban J connectivity index is 1.97. The molecule has 0 saturated carbocycles. The van der Waals surface area contributed by atoms with Gasteiger partial charge in [-0.1, -0.05) is 0 Å². The molecule has 1 aliphatic heterocycles. The van der Waals surface area contributed by atoms with Gasteiger partial charge in [-0.05, 0) is 51.7 Å². The van der Waals surface area contributed by atoms with Crippen molar-refractivity contribution in [3.63, 3.8) is 0 Å². The number of hydrogen-bond acceptors (Lipinski definition) is 3. The molecule has 5 heteroatoms. The predicted octanol–water partition coefficient (Wildman–Crippen LogP) is 2.17. The van der Waals surface area contributed by atoms with Crippen LogP contribution < -0.4 is 0 Å². The zero-order chi connectivity index (χ0) is 14.7. The van der Waals surface area contributed by atoms with E-state index >= 15 is 0 Å². The van der Waals surface area contributed by atoms with Gasteiger partial charge in [0.15, 0.2) is 17.4 Å². The van der Waals surface area contributed by atoms with Crippen molar-refractivity contribution in [3.8, 4) is 0 Å². The van der Waals surface area contributed by atoms with E-state index in [2.05, 4.69) is 11.9 Å². The standard InChI is InChI=1S/C15H20F2N2O/c1-18-7-3-4-12(9-18)19(2)10-15(20)11-5-6-13(16)14(17)8-11/h5-6,8,12H,3-4,7,9-10H2,1-2H3. The maximum absolute atomic E-state index is 13.1. The van der Waals surface area contributed by atoms with E-state index in [4.69, 9.17) is 0 Å². The number of hydrogen-bond donors (Lipinski definition) is 0. The Morgan fingerprint density at radius 2 is 2.15 bits per heavy atom. The first kappa shape index (κ1) is 15.1. The van der Waals surface area contributed by atoms with Gasteiger partial charge in [-0.25, -0.2) is 8.78 Å². The summed E-state index contributed by atoms with van der Waals surface area (Å²) >= 11 is 0. The van der Waals surface area contributed by atoms with Gasteiger partial charge in [-0.3, -0.25) is 9.69 Å². The van der Waals surface area contributed by atoms with E-state index in [9.17, 15) is 13.6 Å². The number of Topliss-reactive ketones (excluding diaryl/α,β-unsaturated/α-hetero) is 1. The average Bonchev–Trinajstić information content (AvgIpc) is 2.41. The molecular weight excluding hydrogens is 262 g/mol. The molecule has 1 aliphatic rings. The molecule has 1 unspecified atom stereocenters. The van der Waals surface area contributed by atoms with Crippen LogP contribution in [0.3, 0.4) is 0 Å². The predicted molar refractivity (Wildman–Crippen MR) is 73.8 cm³/mol. The van der Waals surface area contributed by atoms with Crippen molar-refractivity contribution in [2.24, 2.45) is 0 Å². The Morgan fingerprint density at radius 3 is 2.80 bits per heavy atom. The molecule has 1 fully saturated rings. The highest BCUT2D eigenvalue weighted by atomic mass is 19.2. The van der Waals surface area contributed by atoms with Crippen LogP contribution in [0.25, 0.3) is 0 Å². The van der Waals surface area contributed by atoms with E-state index in [0.29, 0.717) is 6.04 Å². The van der Waals surface area contributed by atoms with Crippen molar-refractivity contribution in [2.45, 2.75) is 18.9 Å². The summed E-state index contributed by atoms with van der Waals surface area (Å²) in [4.78, 5) is 16.3. The summed E-state index contributed by atoms with van der Waals surface area (Å²) in [6.07, 6.45) is 2.18. The van der Waals surface area contributed by atoms with Crippen LogP contribution >= 0.6 is 0 Å². The quantitative estimate of drug-likeness (QED) is 0.791. The van der Waals surface area contributed by atoms with E-state index in [1.54, 1.807) is 0 Å². The van der Waals surface area contributed by atoms with Crippen LogP contribution in [0.5, 0.6) is 0 Å². The number of benzene rings is 1. The molecule has 0 amide bonds. The van der Waals surface area contributed by atoms with Gasteiger partial charge in [0.2, 0.25) is 0 Å². The van der Waals surface area contributed by atoms with Crippen molar-refractivity contribution in [1.29, 1.82) is 0 Å². The lowest BCUT2D eigenvalue weighted by Gasteiger charge is -2.35. The van der Waals surface area contributed by atoms with Gasteiger partial charge in [0.05, 0.1) is 6.54 Å². The zero-order valence-electron chi connectivity index (χ0n) is 11.9. The van der Waals surface area contributed by atoms with Crippen molar-refractivity contribution in [1.82, 2.24) is 9.80 Å². The molecule has 20 heavy (non-hydrogen) atoms. The number of ketones is 1. The van der Waals surface area contributed by atoms with Gasteiger partial charge in [0.1, 0.15) is 0 Å². The molecule has 0 radical (unpaired) electrons. The minimum atomic E-state index is -0.976. The molecule has 0 aliphatic carbocycles. The third-order valence-corrected chi connectivity index (χ3v) is 3.86. The highest BCUT2D eigenvalue weighted by molar-refractivity contribution is 5.97. The van der Waals surface area contributed by atoms with Crippen molar-refractivity contribution in [3.05, 3.63) is 35.4 Å². The smallest absolute Gasteiger partial charge is 0.176 e. The molecule has 2 rings (SSSR count). The first-order valence-corrected chi connectivity index (χ1v) is 6.84. The lowest BCUT2D eigenvalue weighted by molar-refractivity contribution is 0.0857. The molecule has 0 N–H and O–H groups in total. The second-order valence-electron chi connectivity index (χ2n) is 5.53. The lowest BCUT2D eigenvalue weighted by Crippen LogP contribution is -2.46. The molecule has 110 valence electrons. The number of nitrogens with zero attached hydrogens (tertiary/aromatic N) is 2. The maximum atomic E-state index is 13.1. The Kier molecular flexibility index (Phi) is 4.83. The molecular formula is C15H20F2N2O. The fourth-order valence-electron chi connectivity index (χ4n) is 2.62. The topological polar surface area (TPSA) is 23.6 Å². The molecule has 0 aromatic heterocycles. The van der Waals surface area contributed by atoms with E-state index < -0.39 is 11.6 Å². The fourth-order valence-corrected chi connectivity index (χ4v) is 2.62. The van der Waals surface area contributed by atoms with Crippen LogP contribution in [0.1, 0.15) is 23.2 Å². The number of halogens is 2. The molecule has 0 spiro atoms. The van der Waals surface area contributed by atoms with Gasteiger partial charge in [0.25, 0.3) is 0 Å². The molecule has 3 nitrogen and oxygen atoms in total. The number of carbonyl (C=O) groups is 1. The first-order chi connectivity index (χ1) is 9.47. The molecule has 1 aromatic rings. The van der Waals surface area contributed by atoms with Gasteiger partial charge in [0, 0.05) is 18.2 Å². The summed E-state index contributed by atoms with van der Waals surface area (Å²) < 4.78 is 26.0. The van der Waals surface area contributed by atoms with Gasteiger partial charge >= 0.3 is 0 Å². The van der Waals surface area contributed by atoms with E-state index in [0.717, 1.165) is 38.1 Å². The summed E-state index contributed by atoms with van der Waals surface area (Å²) in [5.74, 6) is -2.08. The third-order valence-electron chi connectivity index (χ3n) is 3.86. The Morgan fingerprint density at radius 1 is 1.40 bits per heavy atom. The summed E-state index contributed by atoms with van der Waals surface area (Å²) in [7, 11) is 3.97. The number of likely N-dealkylation sites (tertiary alicyclic amines) is 1.